The first kappa shape index (κ1) is 20.2. The molecule has 3 rings (SSSR count). The number of carbonyl (C=O) groups excluding carboxylic acids is 1. The summed E-state index contributed by atoms with van der Waals surface area (Å²) in [5.41, 5.74) is 1.04. The van der Waals surface area contributed by atoms with E-state index in [4.69, 9.17) is 0 Å². The van der Waals surface area contributed by atoms with Gasteiger partial charge < -0.3 is 10.6 Å². The molecule has 0 aromatic heterocycles. The standard InChI is InChI=1S/C17H25N3O3S.ClH/c1-12-6-7-14(17(21)19-11-13-9-18-10-13)8-16(12)24(22,23)20-15-4-2-3-5-15;/h6-8,13,15,18,20H,2-5,9-11H2,1H3,(H,19,21);1H. The van der Waals surface area contributed by atoms with Crippen LogP contribution < -0.4 is 15.4 Å². The first-order valence-electron chi connectivity index (χ1n) is 8.57. The van der Waals surface area contributed by atoms with E-state index < -0.39 is 10.0 Å². The summed E-state index contributed by atoms with van der Waals surface area (Å²) in [7, 11) is -3.60. The fraction of sp³-hybridized carbons (Fsp3) is 0.588. The van der Waals surface area contributed by atoms with Crippen LogP contribution in [0.5, 0.6) is 0 Å². The van der Waals surface area contributed by atoms with Crippen molar-refractivity contribution >= 4 is 28.3 Å². The molecular weight excluding hydrogens is 362 g/mol. The average Bonchev–Trinajstić information content (AvgIpc) is 2.97. The Morgan fingerprint density at radius 3 is 2.52 bits per heavy atom. The highest BCUT2D eigenvalue weighted by Gasteiger charge is 2.25. The monoisotopic (exact) mass is 387 g/mol. The smallest absolute Gasteiger partial charge is 0.251 e. The minimum absolute atomic E-state index is 0. The van der Waals surface area contributed by atoms with E-state index in [1.54, 1.807) is 19.1 Å². The van der Waals surface area contributed by atoms with Gasteiger partial charge in [0.05, 0.1) is 4.90 Å². The minimum Gasteiger partial charge on any atom is -0.352 e. The summed E-state index contributed by atoms with van der Waals surface area (Å²) in [5, 5.41) is 6.03. The molecule has 1 heterocycles. The van der Waals surface area contributed by atoms with Crippen LogP contribution in [0.2, 0.25) is 0 Å². The van der Waals surface area contributed by atoms with Crippen LogP contribution in [0, 0.1) is 12.8 Å². The van der Waals surface area contributed by atoms with Crippen molar-refractivity contribution in [2.45, 2.75) is 43.5 Å². The zero-order valence-corrected chi connectivity index (χ0v) is 16.0. The van der Waals surface area contributed by atoms with Gasteiger partial charge in [-0.2, -0.15) is 0 Å². The summed E-state index contributed by atoms with van der Waals surface area (Å²) in [6.07, 6.45) is 3.89. The molecule has 2 aliphatic rings. The molecule has 1 aromatic rings. The van der Waals surface area contributed by atoms with Gasteiger partial charge in [-0.05, 0) is 37.5 Å². The number of benzene rings is 1. The average molecular weight is 388 g/mol. The molecular formula is C17H26ClN3O3S. The Balaban J connectivity index is 0.00000225. The Labute approximate surface area is 155 Å². The number of amides is 1. The van der Waals surface area contributed by atoms with Gasteiger partial charge in [-0.25, -0.2) is 13.1 Å². The zero-order chi connectivity index (χ0) is 17.2. The van der Waals surface area contributed by atoms with E-state index >= 15 is 0 Å². The van der Waals surface area contributed by atoms with Crippen molar-refractivity contribution in [1.82, 2.24) is 15.4 Å². The number of sulfonamides is 1. The number of hydrogen-bond donors (Lipinski definition) is 3. The molecule has 0 radical (unpaired) electrons. The summed E-state index contributed by atoms with van der Waals surface area (Å²) in [6, 6.07) is 4.88. The normalized spacial score (nSPS) is 18.4. The molecule has 140 valence electrons. The third kappa shape index (κ3) is 4.94. The Bertz CT molecular complexity index is 714. The lowest BCUT2D eigenvalue weighted by molar-refractivity contribution is 0.0942. The summed E-state index contributed by atoms with van der Waals surface area (Å²) in [4.78, 5) is 12.5. The largest absolute Gasteiger partial charge is 0.352 e. The second-order valence-electron chi connectivity index (χ2n) is 6.82. The van der Waals surface area contributed by atoms with Gasteiger partial charge in [-0.15, -0.1) is 12.4 Å². The first-order chi connectivity index (χ1) is 11.5. The third-order valence-corrected chi connectivity index (χ3v) is 6.50. The Kier molecular flexibility index (Phi) is 6.85. The quantitative estimate of drug-likeness (QED) is 0.691. The van der Waals surface area contributed by atoms with E-state index in [1.807, 2.05) is 0 Å². The van der Waals surface area contributed by atoms with Crippen molar-refractivity contribution in [1.29, 1.82) is 0 Å². The van der Waals surface area contributed by atoms with Gasteiger partial charge in [0.15, 0.2) is 0 Å². The number of carbonyl (C=O) groups is 1. The number of rotatable bonds is 6. The van der Waals surface area contributed by atoms with Gasteiger partial charge in [0.1, 0.15) is 0 Å². The van der Waals surface area contributed by atoms with Crippen LogP contribution in [0.3, 0.4) is 0 Å². The van der Waals surface area contributed by atoms with Crippen LogP contribution in [0.25, 0.3) is 0 Å². The number of hydrogen-bond acceptors (Lipinski definition) is 4. The Morgan fingerprint density at radius 2 is 1.92 bits per heavy atom. The van der Waals surface area contributed by atoms with Crippen molar-refractivity contribution in [2.24, 2.45) is 5.92 Å². The zero-order valence-electron chi connectivity index (χ0n) is 14.4. The second kappa shape index (κ2) is 8.49. The lowest BCUT2D eigenvalue weighted by atomic mass is 10.0. The van der Waals surface area contributed by atoms with Crippen LogP contribution in [-0.2, 0) is 10.0 Å². The molecule has 0 bridgehead atoms. The molecule has 1 saturated carbocycles. The number of halogens is 1. The van der Waals surface area contributed by atoms with E-state index in [1.165, 1.54) is 6.07 Å². The van der Waals surface area contributed by atoms with Crippen LogP contribution in [0.4, 0.5) is 0 Å². The fourth-order valence-electron chi connectivity index (χ4n) is 3.19. The van der Waals surface area contributed by atoms with Gasteiger partial charge in [-0.1, -0.05) is 18.9 Å². The predicted molar refractivity (Wildman–Crippen MR) is 99.7 cm³/mol. The topological polar surface area (TPSA) is 87.3 Å². The highest BCUT2D eigenvalue weighted by atomic mass is 35.5. The van der Waals surface area contributed by atoms with E-state index in [0.29, 0.717) is 23.6 Å². The minimum atomic E-state index is -3.60. The molecule has 8 heteroatoms. The maximum atomic E-state index is 12.7. The fourth-order valence-corrected chi connectivity index (χ4v) is 4.76. The molecule has 1 aliphatic carbocycles. The van der Waals surface area contributed by atoms with E-state index in [-0.39, 0.29) is 29.3 Å². The predicted octanol–water partition coefficient (Wildman–Crippen LogP) is 1.59. The molecule has 1 aromatic carbocycles. The van der Waals surface area contributed by atoms with Crippen LogP contribution in [0.15, 0.2) is 23.1 Å². The Hall–Kier alpha value is -1.15. The van der Waals surface area contributed by atoms with Crippen molar-refractivity contribution in [2.75, 3.05) is 19.6 Å². The molecule has 25 heavy (non-hydrogen) atoms. The van der Waals surface area contributed by atoms with Gasteiger partial charge in [0.25, 0.3) is 5.91 Å². The summed E-state index contributed by atoms with van der Waals surface area (Å²) >= 11 is 0. The molecule has 1 amide bonds. The maximum Gasteiger partial charge on any atom is 0.251 e. The second-order valence-corrected chi connectivity index (χ2v) is 8.50. The van der Waals surface area contributed by atoms with Crippen LogP contribution >= 0.6 is 12.4 Å². The van der Waals surface area contributed by atoms with Crippen LogP contribution in [0.1, 0.15) is 41.6 Å². The highest BCUT2D eigenvalue weighted by Crippen LogP contribution is 2.22. The van der Waals surface area contributed by atoms with Crippen molar-refractivity contribution in [3.63, 3.8) is 0 Å². The van der Waals surface area contributed by atoms with Crippen molar-refractivity contribution in [3.05, 3.63) is 29.3 Å². The highest BCUT2D eigenvalue weighted by molar-refractivity contribution is 7.89. The molecule has 2 fully saturated rings. The van der Waals surface area contributed by atoms with Gasteiger partial charge in [-0.3, -0.25) is 4.79 Å². The Morgan fingerprint density at radius 1 is 1.24 bits per heavy atom. The van der Waals surface area contributed by atoms with E-state index in [9.17, 15) is 13.2 Å². The molecule has 1 saturated heterocycles. The summed E-state index contributed by atoms with van der Waals surface area (Å²) in [5.74, 6) is 0.242. The molecule has 1 aliphatic heterocycles. The molecule has 6 nitrogen and oxygen atoms in total. The molecule has 3 N–H and O–H groups in total. The summed E-state index contributed by atoms with van der Waals surface area (Å²) in [6.45, 7) is 4.20. The van der Waals surface area contributed by atoms with Crippen molar-refractivity contribution < 1.29 is 13.2 Å². The lowest BCUT2D eigenvalue weighted by Crippen LogP contribution is -2.48. The number of nitrogens with one attached hydrogen (secondary N) is 3. The van der Waals surface area contributed by atoms with Crippen LogP contribution in [-0.4, -0.2) is 40.0 Å². The maximum absolute atomic E-state index is 12.7. The van der Waals surface area contributed by atoms with E-state index in [0.717, 1.165) is 38.8 Å². The van der Waals surface area contributed by atoms with Gasteiger partial charge in [0.2, 0.25) is 10.0 Å². The van der Waals surface area contributed by atoms with Gasteiger partial charge >= 0.3 is 0 Å². The number of aryl methyl sites for hydroxylation is 1. The third-order valence-electron chi connectivity index (χ3n) is 4.83. The van der Waals surface area contributed by atoms with Gasteiger partial charge in [0, 0.05) is 37.2 Å². The molecule has 0 atom stereocenters. The first-order valence-corrected chi connectivity index (χ1v) is 10.1. The molecule has 0 unspecified atom stereocenters. The van der Waals surface area contributed by atoms with E-state index in [2.05, 4.69) is 15.4 Å². The SMILES string of the molecule is Cc1ccc(C(=O)NCC2CNC2)cc1S(=O)(=O)NC1CCCC1.Cl. The van der Waals surface area contributed by atoms with Crippen molar-refractivity contribution in [3.8, 4) is 0 Å². The molecule has 0 spiro atoms. The summed E-state index contributed by atoms with van der Waals surface area (Å²) < 4.78 is 28.1. The lowest BCUT2D eigenvalue weighted by Gasteiger charge is -2.27.